The standard InChI is InChI=1S/C25H46N.C3H4O2.ClH.H3N/c1-4-5-6-7-8-9-10-11-12-13-14-15-16-20-23-26(2,3)24-25-21-18-17-19-22-25;1-2-3(4)5;;/h17-19,21-22H,4-16,20,23-24H2,1-3H3;2H,1H2,(H,4,5);1H;1H3/q+1;;;/p-1. The van der Waals surface area contributed by atoms with Gasteiger partial charge in [0.15, 0.2) is 0 Å². The number of quaternary nitrogens is 1. The van der Waals surface area contributed by atoms with Crippen LogP contribution < -0.4 is 11.3 Å². The first-order chi connectivity index (χ1) is 14.9. The van der Waals surface area contributed by atoms with E-state index < -0.39 is 5.97 Å². The predicted octanol–water partition coefficient (Wildman–Crippen LogP) is 7.25. The first kappa shape index (κ1) is 36.2. The Morgan fingerprint density at radius 3 is 1.55 bits per heavy atom. The Hall–Kier alpha value is -1.36. The number of carboxylic acid groups (broad SMARTS) is 1. The van der Waals surface area contributed by atoms with E-state index in [-0.39, 0.29) is 18.6 Å². The number of nitrogens with zero attached hydrogens (tertiary/aromatic N) is 1. The van der Waals surface area contributed by atoms with Crippen LogP contribution in [0, 0.1) is 0 Å². The first-order valence-corrected chi connectivity index (χ1v) is 12.6. The van der Waals surface area contributed by atoms with Crippen LogP contribution in [0.25, 0.3) is 0 Å². The molecule has 33 heavy (non-hydrogen) atoms. The molecule has 0 saturated heterocycles. The number of benzene rings is 1. The Morgan fingerprint density at radius 1 is 0.818 bits per heavy atom. The molecule has 1 aromatic carbocycles. The molecular weight excluding hydrogens is 432 g/mol. The number of halogens is 1. The minimum atomic E-state index is -1.23. The van der Waals surface area contributed by atoms with Crippen molar-refractivity contribution in [3.8, 4) is 0 Å². The van der Waals surface area contributed by atoms with E-state index >= 15 is 0 Å². The van der Waals surface area contributed by atoms with Crippen molar-refractivity contribution in [3.63, 3.8) is 0 Å². The van der Waals surface area contributed by atoms with Gasteiger partial charge < -0.3 is 20.5 Å². The molecule has 0 aromatic heterocycles. The van der Waals surface area contributed by atoms with Gasteiger partial charge in [0, 0.05) is 5.56 Å². The number of rotatable bonds is 18. The Balaban J connectivity index is -0.00000116. The largest absolute Gasteiger partial charge is 0.545 e. The molecule has 0 atom stereocenters. The molecule has 0 radical (unpaired) electrons. The maximum absolute atomic E-state index is 9.14. The molecule has 0 aliphatic heterocycles. The van der Waals surface area contributed by atoms with Gasteiger partial charge in [-0.3, -0.25) is 0 Å². The number of carbonyl (C=O) groups is 1. The summed E-state index contributed by atoms with van der Waals surface area (Å²) in [6.07, 6.45) is 20.9. The van der Waals surface area contributed by atoms with Crippen molar-refractivity contribution in [3.05, 3.63) is 48.6 Å². The second-order valence-electron chi connectivity index (χ2n) is 9.42. The summed E-state index contributed by atoms with van der Waals surface area (Å²) in [4.78, 5) is 9.14. The third-order valence-electron chi connectivity index (χ3n) is 5.74. The van der Waals surface area contributed by atoms with Crippen LogP contribution in [-0.4, -0.2) is 31.1 Å². The van der Waals surface area contributed by atoms with Crippen LogP contribution in [0.5, 0.6) is 0 Å². The molecular formula is C28H53ClN2O2. The van der Waals surface area contributed by atoms with Gasteiger partial charge in [0.05, 0.1) is 26.6 Å². The zero-order valence-electron chi connectivity index (χ0n) is 21.9. The van der Waals surface area contributed by atoms with Crippen LogP contribution in [0.1, 0.15) is 102 Å². The summed E-state index contributed by atoms with van der Waals surface area (Å²) in [5.41, 5.74) is 1.46. The molecule has 0 amide bonds. The fourth-order valence-electron chi connectivity index (χ4n) is 3.89. The lowest BCUT2D eigenvalue weighted by Crippen LogP contribution is -2.39. The zero-order valence-corrected chi connectivity index (χ0v) is 22.7. The van der Waals surface area contributed by atoms with Gasteiger partial charge in [-0.1, -0.05) is 121 Å². The van der Waals surface area contributed by atoms with Gasteiger partial charge in [-0.15, -0.1) is 12.4 Å². The molecule has 0 spiro atoms. The third kappa shape index (κ3) is 26.8. The van der Waals surface area contributed by atoms with Gasteiger partial charge in [-0.05, 0) is 18.9 Å². The fraction of sp³-hybridized carbons (Fsp3) is 0.679. The van der Waals surface area contributed by atoms with Gasteiger partial charge in [-0.2, -0.15) is 0 Å². The lowest BCUT2D eigenvalue weighted by atomic mass is 10.0. The Labute approximate surface area is 211 Å². The van der Waals surface area contributed by atoms with Crippen molar-refractivity contribution >= 4 is 18.4 Å². The normalized spacial score (nSPS) is 10.3. The summed E-state index contributed by atoms with van der Waals surface area (Å²) in [6, 6.07) is 10.9. The van der Waals surface area contributed by atoms with E-state index in [1.807, 2.05) is 0 Å². The van der Waals surface area contributed by atoms with E-state index in [1.165, 1.54) is 102 Å². The smallest absolute Gasteiger partial charge is 0.104 e. The van der Waals surface area contributed by atoms with Crippen molar-refractivity contribution in [2.24, 2.45) is 0 Å². The highest BCUT2D eigenvalue weighted by molar-refractivity contribution is 5.85. The van der Waals surface area contributed by atoms with Crippen LogP contribution in [0.15, 0.2) is 43.0 Å². The van der Waals surface area contributed by atoms with E-state index in [0.29, 0.717) is 0 Å². The van der Waals surface area contributed by atoms with Gasteiger partial charge in [-0.25, -0.2) is 0 Å². The lowest BCUT2D eigenvalue weighted by molar-refractivity contribution is -0.903. The molecule has 0 saturated carbocycles. The molecule has 0 aliphatic carbocycles. The van der Waals surface area contributed by atoms with Crippen LogP contribution in [-0.2, 0) is 11.3 Å². The highest BCUT2D eigenvalue weighted by Gasteiger charge is 2.14. The molecule has 194 valence electrons. The molecule has 1 rings (SSSR count). The van der Waals surface area contributed by atoms with Gasteiger partial charge >= 0.3 is 0 Å². The highest BCUT2D eigenvalue weighted by Crippen LogP contribution is 2.14. The van der Waals surface area contributed by atoms with Crippen molar-refractivity contribution in [2.45, 2.75) is 103 Å². The van der Waals surface area contributed by atoms with Crippen LogP contribution >= 0.6 is 12.4 Å². The summed E-state index contributed by atoms with van der Waals surface area (Å²) in [5, 5.41) is 9.14. The number of carboxylic acids is 1. The van der Waals surface area contributed by atoms with Crippen LogP contribution in [0.2, 0.25) is 0 Å². The summed E-state index contributed by atoms with van der Waals surface area (Å²) >= 11 is 0. The van der Waals surface area contributed by atoms with E-state index in [2.05, 4.69) is 57.9 Å². The number of unbranched alkanes of at least 4 members (excludes halogenated alkanes) is 13. The van der Waals surface area contributed by atoms with Gasteiger partial charge in [0.25, 0.3) is 0 Å². The zero-order chi connectivity index (χ0) is 23.2. The minimum absolute atomic E-state index is 0. The SMILES string of the molecule is C=CC(=O)[O-].CCCCCCCCCCCCCCCC[N+](C)(C)Cc1ccccc1.Cl.N. The van der Waals surface area contributed by atoms with Gasteiger partial charge in [0.2, 0.25) is 0 Å². The van der Waals surface area contributed by atoms with Crippen molar-refractivity contribution in [1.29, 1.82) is 0 Å². The number of hydrogen-bond acceptors (Lipinski definition) is 3. The average Bonchev–Trinajstić information content (AvgIpc) is 2.74. The third-order valence-corrected chi connectivity index (χ3v) is 5.74. The van der Waals surface area contributed by atoms with Crippen LogP contribution in [0.4, 0.5) is 0 Å². The molecule has 0 heterocycles. The number of hydrogen-bond donors (Lipinski definition) is 1. The summed E-state index contributed by atoms with van der Waals surface area (Å²) in [6.45, 7) is 7.65. The molecule has 1 aromatic rings. The Bertz CT molecular complexity index is 550. The van der Waals surface area contributed by atoms with Gasteiger partial charge in [0.1, 0.15) is 6.54 Å². The van der Waals surface area contributed by atoms with E-state index in [1.54, 1.807) is 0 Å². The maximum atomic E-state index is 9.14. The fourth-order valence-corrected chi connectivity index (χ4v) is 3.89. The predicted molar refractivity (Wildman–Crippen MR) is 145 cm³/mol. The first-order valence-electron chi connectivity index (χ1n) is 12.6. The van der Waals surface area contributed by atoms with E-state index in [9.17, 15) is 0 Å². The van der Waals surface area contributed by atoms with Crippen molar-refractivity contribution < 1.29 is 14.4 Å². The summed E-state index contributed by atoms with van der Waals surface area (Å²) < 4.78 is 1.11. The number of aliphatic carboxylic acids is 1. The van der Waals surface area contributed by atoms with Crippen molar-refractivity contribution in [2.75, 3.05) is 20.6 Å². The average molecular weight is 485 g/mol. The topological polar surface area (TPSA) is 75.1 Å². The number of carbonyl (C=O) groups excluding carboxylic acids is 1. The molecule has 0 unspecified atom stereocenters. The molecule has 0 aliphatic rings. The summed E-state index contributed by atoms with van der Waals surface area (Å²) in [5.74, 6) is -1.23. The quantitative estimate of drug-likeness (QED) is 0.135. The Kier molecular flexibility index (Phi) is 27.7. The molecule has 5 heteroatoms. The van der Waals surface area contributed by atoms with E-state index in [0.717, 1.165) is 17.1 Å². The highest BCUT2D eigenvalue weighted by atomic mass is 35.5. The van der Waals surface area contributed by atoms with E-state index in [4.69, 9.17) is 9.90 Å². The van der Waals surface area contributed by atoms with Crippen molar-refractivity contribution in [1.82, 2.24) is 6.15 Å². The minimum Gasteiger partial charge on any atom is -0.545 e. The molecule has 3 N–H and O–H groups in total. The van der Waals surface area contributed by atoms with Crippen LogP contribution in [0.3, 0.4) is 0 Å². The second-order valence-corrected chi connectivity index (χ2v) is 9.42. The lowest BCUT2D eigenvalue weighted by Gasteiger charge is -2.30. The molecule has 0 fully saturated rings. The molecule has 4 nitrogen and oxygen atoms in total. The molecule has 0 bridgehead atoms. The summed E-state index contributed by atoms with van der Waals surface area (Å²) in [7, 11) is 4.74. The Morgan fingerprint density at radius 2 is 1.18 bits per heavy atom. The second kappa shape index (κ2) is 25.3. The monoisotopic (exact) mass is 484 g/mol. The maximum Gasteiger partial charge on any atom is 0.104 e.